The topological polar surface area (TPSA) is 15.7 Å². The number of para-hydroxylation sites is 2. The van der Waals surface area contributed by atoms with Gasteiger partial charge >= 0.3 is 0 Å². The minimum Gasteiger partial charge on any atom is -0.496 e. The quantitative estimate of drug-likeness (QED) is 0.577. The van der Waals surface area contributed by atoms with Crippen molar-refractivity contribution in [2.75, 3.05) is 38.2 Å². The number of hydrogen-bond donors (Lipinski definition) is 0. The minimum atomic E-state index is 0.929. The van der Waals surface area contributed by atoms with E-state index in [1.165, 1.54) is 16.1 Å². The van der Waals surface area contributed by atoms with Crippen molar-refractivity contribution in [3.8, 4) is 5.75 Å². The Hall–Kier alpha value is -2.43. The molecule has 0 bridgehead atoms. The lowest BCUT2D eigenvalue weighted by atomic mass is 10.2. The van der Waals surface area contributed by atoms with Crippen molar-refractivity contribution in [3.63, 3.8) is 0 Å². The zero-order valence-corrected chi connectivity index (χ0v) is 17.1. The van der Waals surface area contributed by atoms with Crippen LogP contribution in [-0.2, 0) is 6.54 Å². The van der Waals surface area contributed by atoms with Gasteiger partial charge in [-0.25, -0.2) is 0 Å². The highest BCUT2D eigenvalue weighted by molar-refractivity contribution is 7.99. The molecule has 4 heteroatoms. The summed E-state index contributed by atoms with van der Waals surface area (Å²) in [6.07, 6.45) is 0. The Kier molecular flexibility index (Phi) is 6.20. The maximum atomic E-state index is 5.52. The fourth-order valence-electron chi connectivity index (χ4n) is 3.60. The van der Waals surface area contributed by atoms with Crippen LogP contribution in [0.15, 0.2) is 88.7 Å². The summed E-state index contributed by atoms with van der Waals surface area (Å²) in [5, 5.41) is 0. The van der Waals surface area contributed by atoms with Gasteiger partial charge in [-0.1, -0.05) is 60.3 Å². The summed E-state index contributed by atoms with van der Waals surface area (Å²) in [5.41, 5.74) is 2.71. The summed E-state index contributed by atoms with van der Waals surface area (Å²) in [6, 6.07) is 27.7. The van der Waals surface area contributed by atoms with Gasteiger partial charge in [0.1, 0.15) is 5.75 Å². The molecule has 1 saturated heterocycles. The van der Waals surface area contributed by atoms with Gasteiger partial charge in [-0.05, 0) is 35.9 Å². The normalized spacial score (nSPS) is 14.8. The zero-order valence-electron chi connectivity index (χ0n) is 16.3. The molecule has 1 fully saturated rings. The second-order valence-corrected chi connectivity index (χ2v) is 8.04. The van der Waals surface area contributed by atoms with E-state index in [0.717, 1.165) is 43.4 Å². The minimum absolute atomic E-state index is 0.929. The third-order valence-corrected chi connectivity index (χ3v) is 6.32. The van der Waals surface area contributed by atoms with Crippen LogP contribution in [0.1, 0.15) is 5.56 Å². The van der Waals surface area contributed by atoms with E-state index in [4.69, 9.17) is 4.74 Å². The van der Waals surface area contributed by atoms with Crippen LogP contribution in [0.3, 0.4) is 0 Å². The number of hydrogen-bond acceptors (Lipinski definition) is 4. The third-order valence-electron chi connectivity index (χ3n) is 5.15. The van der Waals surface area contributed by atoms with Crippen LogP contribution in [0.5, 0.6) is 5.75 Å². The van der Waals surface area contributed by atoms with Crippen molar-refractivity contribution in [2.45, 2.75) is 16.3 Å². The van der Waals surface area contributed by atoms with Crippen LogP contribution in [0.25, 0.3) is 0 Å². The Bertz CT molecular complexity index is 892. The molecular weight excluding hydrogens is 364 g/mol. The molecule has 0 spiro atoms. The fraction of sp³-hybridized carbons (Fsp3) is 0.250. The summed E-state index contributed by atoms with van der Waals surface area (Å²) >= 11 is 1.79. The molecule has 4 rings (SSSR count). The van der Waals surface area contributed by atoms with E-state index in [1.54, 1.807) is 18.9 Å². The van der Waals surface area contributed by atoms with E-state index in [2.05, 4.69) is 76.5 Å². The lowest BCUT2D eigenvalue weighted by molar-refractivity contribution is 0.248. The standard InChI is InChI=1S/C24H26N2OS/c1-27-22-12-6-8-14-24(22)28-23-13-7-5-9-20(23)19-25-15-17-26(18-16-25)21-10-3-2-4-11-21/h2-14H,15-19H2,1H3. The molecule has 1 aliphatic rings. The van der Waals surface area contributed by atoms with Crippen molar-refractivity contribution in [1.82, 2.24) is 4.90 Å². The van der Waals surface area contributed by atoms with E-state index in [-0.39, 0.29) is 0 Å². The van der Waals surface area contributed by atoms with Gasteiger partial charge in [0.15, 0.2) is 0 Å². The fourth-order valence-corrected chi connectivity index (χ4v) is 4.65. The van der Waals surface area contributed by atoms with E-state index >= 15 is 0 Å². The average molecular weight is 391 g/mol. The number of methoxy groups -OCH3 is 1. The van der Waals surface area contributed by atoms with Gasteiger partial charge in [0.05, 0.1) is 12.0 Å². The summed E-state index contributed by atoms with van der Waals surface area (Å²) in [4.78, 5) is 7.50. The number of piperazine rings is 1. The van der Waals surface area contributed by atoms with Gasteiger partial charge < -0.3 is 9.64 Å². The van der Waals surface area contributed by atoms with Crippen molar-refractivity contribution < 1.29 is 4.74 Å². The highest BCUT2D eigenvalue weighted by Crippen LogP contribution is 2.36. The van der Waals surface area contributed by atoms with Gasteiger partial charge in [-0.2, -0.15) is 0 Å². The van der Waals surface area contributed by atoms with E-state index in [1.807, 2.05) is 12.1 Å². The predicted octanol–water partition coefficient (Wildman–Crippen LogP) is 5.17. The molecule has 0 aromatic heterocycles. The molecule has 0 saturated carbocycles. The number of benzene rings is 3. The predicted molar refractivity (Wildman–Crippen MR) is 117 cm³/mol. The van der Waals surface area contributed by atoms with E-state index < -0.39 is 0 Å². The molecule has 3 aromatic carbocycles. The third kappa shape index (κ3) is 4.51. The smallest absolute Gasteiger partial charge is 0.132 e. The molecular formula is C24H26N2OS. The summed E-state index contributed by atoms with van der Waals surface area (Å²) in [6.45, 7) is 5.31. The summed E-state index contributed by atoms with van der Waals surface area (Å²) in [7, 11) is 1.73. The molecule has 3 aromatic rings. The number of nitrogens with zero attached hydrogens (tertiary/aromatic N) is 2. The molecule has 144 valence electrons. The molecule has 1 heterocycles. The zero-order chi connectivity index (χ0) is 19.2. The highest BCUT2D eigenvalue weighted by Gasteiger charge is 2.18. The molecule has 0 aliphatic carbocycles. The Labute approximate surface area is 171 Å². The van der Waals surface area contributed by atoms with Gasteiger partial charge in [0.25, 0.3) is 0 Å². The lowest BCUT2D eigenvalue weighted by Crippen LogP contribution is -2.46. The maximum absolute atomic E-state index is 5.52. The molecule has 0 N–H and O–H groups in total. The first-order valence-corrected chi connectivity index (χ1v) is 10.6. The van der Waals surface area contributed by atoms with Gasteiger partial charge in [0.2, 0.25) is 0 Å². The van der Waals surface area contributed by atoms with Crippen LogP contribution in [-0.4, -0.2) is 38.2 Å². The first kappa shape index (κ1) is 18.9. The lowest BCUT2D eigenvalue weighted by Gasteiger charge is -2.36. The van der Waals surface area contributed by atoms with Gasteiger partial charge in [-0.15, -0.1) is 0 Å². The molecule has 0 radical (unpaired) electrons. The van der Waals surface area contributed by atoms with Crippen LogP contribution in [0, 0.1) is 0 Å². The SMILES string of the molecule is COc1ccccc1Sc1ccccc1CN1CCN(c2ccccc2)CC1. The molecule has 0 unspecified atom stereocenters. The molecule has 0 atom stereocenters. The van der Waals surface area contributed by atoms with Crippen LogP contribution < -0.4 is 9.64 Å². The van der Waals surface area contributed by atoms with Crippen molar-refractivity contribution in [1.29, 1.82) is 0 Å². The van der Waals surface area contributed by atoms with Crippen LogP contribution in [0.2, 0.25) is 0 Å². The van der Waals surface area contributed by atoms with Crippen LogP contribution in [0.4, 0.5) is 5.69 Å². The first-order valence-electron chi connectivity index (χ1n) is 9.74. The second kappa shape index (κ2) is 9.18. The van der Waals surface area contributed by atoms with E-state index in [9.17, 15) is 0 Å². The highest BCUT2D eigenvalue weighted by atomic mass is 32.2. The average Bonchev–Trinajstić information content (AvgIpc) is 2.77. The Morgan fingerprint density at radius 1 is 0.750 bits per heavy atom. The maximum Gasteiger partial charge on any atom is 0.132 e. The monoisotopic (exact) mass is 390 g/mol. The molecule has 0 amide bonds. The van der Waals surface area contributed by atoms with Gasteiger partial charge in [-0.3, -0.25) is 4.90 Å². The van der Waals surface area contributed by atoms with Crippen molar-refractivity contribution in [2.24, 2.45) is 0 Å². The number of ether oxygens (including phenoxy) is 1. The van der Waals surface area contributed by atoms with Gasteiger partial charge in [0, 0.05) is 43.3 Å². The summed E-state index contributed by atoms with van der Waals surface area (Å²) in [5.74, 6) is 0.929. The van der Waals surface area contributed by atoms with E-state index in [0.29, 0.717) is 0 Å². The number of anilines is 1. The Balaban J connectivity index is 1.42. The Morgan fingerprint density at radius 2 is 1.39 bits per heavy atom. The molecule has 3 nitrogen and oxygen atoms in total. The Morgan fingerprint density at radius 3 is 2.14 bits per heavy atom. The number of rotatable bonds is 6. The summed E-state index contributed by atoms with van der Waals surface area (Å²) < 4.78 is 5.52. The molecule has 1 aliphatic heterocycles. The van der Waals surface area contributed by atoms with Crippen molar-refractivity contribution >= 4 is 17.4 Å². The van der Waals surface area contributed by atoms with Crippen molar-refractivity contribution in [3.05, 3.63) is 84.4 Å². The second-order valence-electron chi connectivity index (χ2n) is 6.96. The largest absolute Gasteiger partial charge is 0.496 e. The molecule has 28 heavy (non-hydrogen) atoms. The first-order chi connectivity index (χ1) is 13.8. The van der Waals surface area contributed by atoms with Crippen LogP contribution >= 0.6 is 11.8 Å².